The fraction of sp³-hybridized carbons (Fsp3) is 1.00. The molecule has 0 spiro atoms. The van der Waals surface area contributed by atoms with Gasteiger partial charge in [0.05, 0.1) is 0 Å². The van der Waals surface area contributed by atoms with Crippen molar-refractivity contribution in [2.75, 3.05) is 39.3 Å². The number of aliphatic hydroxyl groups is 1. The van der Waals surface area contributed by atoms with Crippen molar-refractivity contribution in [1.29, 1.82) is 0 Å². The van der Waals surface area contributed by atoms with Gasteiger partial charge in [-0.3, -0.25) is 0 Å². The van der Waals surface area contributed by atoms with Gasteiger partial charge in [-0.2, -0.15) is 28.8 Å². The number of rotatable bonds is 8. The SMILES string of the molecule is CSCC(C)N(C)S(=O)(=O)N(C)CCCO. The van der Waals surface area contributed by atoms with E-state index < -0.39 is 10.2 Å². The van der Waals surface area contributed by atoms with Crippen LogP contribution in [0.15, 0.2) is 0 Å². The van der Waals surface area contributed by atoms with Gasteiger partial charge in [-0.25, -0.2) is 0 Å². The van der Waals surface area contributed by atoms with Gasteiger partial charge in [0, 0.05) is 39.0 Å². The molecular weight excluding hydrogens is 248 g/mol. The Morgan fingerprint density at radius 3 is 2.38 bits per heavy atom. The highest BCUT2D eigenvalue weighted by Gasteiger charge is 2.26. The molecule has 16 heavy (non-hydrogen) atoms. The molecule has 0 aliphatic carbocycles. The first-order valence-corrected chi connectivity index (χ1v) is 7.96. The molecule has 0 fully saturated rings. The minimum atomic E-state index is -3.39. The second-order valence-electron chi connectivity index (χ2n) is 3.73. The first-order valence-electron chi connectivity index (χ1n) is 5.17. The highest BCUT2D eigenvalue weighted by atomic mass is 32.2. The maximum absolute atomic E-state index is 12.0. The number of hydrogen-bond donors (Lipinski definition) is 1. The van der Waals surface area contributed by atoms with Crippen LogP contribution in [0.4, 0.5) is 0 Å². The van der Waals surface area contributed by atoms with E-state index in [2.05, 4.69) is 0 Å². The third kappa shape index (κ3) is 4.58. The van der Waals surface area contributed by atoms with Crippen molar-refractivity contribution >= 4 is 22.0 Å². The highest BCUT2D eigenvalue weighted by molar-refractivity contribution is 7.98. The van der Waals surface area contributed by atoms with E-state index in [-0.39, 0.29) is 12.6 Å². The fourth-order valence-corrected chi connectivity index (χ4v) is 3.33. The van der Waals surface area contributed by atoms with Crippen molar-refractivity contribution < 1.29 is 13.5 Å². The van der Waals surface area contributed by atoms with Crippen molar-refractivity contribution in [3.8, 4) is 0 Å². The normalized spacial score (nSPS) is 14.7. The maximum Gasteiger partial charge on any atom is 0.281 e. The van der Waals surface area contributed by atoms with Crippen molar-refractivity contribution in [3.63, 3.8) is 0 Å². The van der Waals surface area contributed by atoms with Crippen LogP contribution >= 0.6 is 11.8 Å². The van der Waals surface area contributed by atoms with E-state index in [9.17, 15) is 8.42 Å². The van der Waals surface area contributed by atoms with Gasteiger partial charge in [0.2, 0.25) is 0 Å². The lowest BCUT2D eigenvalue weighted by Gasteiger charge is -2.28. The summed E-state index contributed by atoms with van der Waals surface area (Å²) in [5, 5.41) is 8.67. The Kier molecular flexibility index (Phi) is 7.58. The molecule has 0 heterocycles. The summed E-state index contributed by atoms with van der Waals surface area (Å²) in [5.41, 5.74) is 0. The molecular formula is C9H22N2O3S2. The number of aliphatic hydroxyl groups excluding tert-OH is 1. The first kappa shape index (κ1) is 16.2. The zero-order valence-electron chi connectivity index (χ0n) is 10.4. The molecule has 98 valence electrons. The largest absolute Gasteiger partial charge is 0.396 e. The van der Waals surface area contributed by atoms with Crippen LogP contribution in [-0.4, -0.2) is 67.4 Å². The molecule has 7 heteroatoms. The summed E-state index contributed by atoms with van der Waals surface area (Å²) in [7, 11) is -0.266. The summed E-state index contributed by atoms with van der Waals surface area (Å²) < 4.78 is 26.7. The van der Waals surface area contributed by atoms with Crippen molar-refractivity contribution in [2.45, 2.75) is 19.4 Å². The molecule has 0 aromatic heterocycles. The molecule has 0 amide bonds. The lowest BCUT2D eigenvalue weighted by Crippen LogP contribution is -2.45. The van der Waals surface area contributed by atoms with Gasteiger partial charge in [-0.05, 0) is 19.6 Å². The Labute approximate surface area is 103 Å². The Bertz CT molecular complexity index is 282. The summed E-state index contributed by atoms with van der Waals surface area (Å²) in [6, 6.07) is -0.0309. The van der Waals surface area contributed by atoms with E-state index in [0.29, 0.717) is 13.0 Å². The quantitative estimate of drug-likeness (QED) is 0.686. The number of thioether (sulfide) groups is 1. The Balaban J connectivity index is 4.51. The van der Waals surface area contributed by atoms with Gasteiger partial charge in [0.1, 0.15) is 0 Å². The lowest BCUT2D eigenvalue weighted by molar-refractivity contribution is 0.271. The van der Waals surface area contributed by atoms with Crippen LogP contribution in [0.5, 0.6) is 0 Å². The van der Waals surface area contributed by atoms with Crippen LogP contribution in [-0.2, 0) is 10.2 Å². The Morgan fingerprint density at radius 1 is 1.38 bits per heavy atom. The van der Waals surface area contributed by atoms with E-state index in [1.165, 1.54) is 15.7 Å². The van der Waals surface area contributed by atoms with Crippen LogP contribution in [0, 0.1) is 0 Å². The zero-order chi connectivity index (χ0) is 12.8. The molecule has 0 radical (unpaired) electrons. The van der Waals surface area contributed by atoms with Gasteiger partial charge in [0.25, 0.3) is 10.2 Å². The highest BCUT2D eigenvalue weighted by Crippen LogP contribution is 2.11. The van der Waals surface area contributed by atoms with E-state index in [1.807, 2.05) is 13.2 Å². The molecule has 1 N–H and O–H groups in total. The second kappa shape index (κ2) is 7.50. The predicted molar refractivity (Wildman–Crippen MR) is 68.9 cm³/mol. The van der Waals surface area contributed by atoms with Gasteiger partial charge in [0.15, 0.2) is 0 Å². The molecule has 0 aromatic carbocycles. The van der Waals surface area contributed by atoms with E-state index in [1.54, 1.807) is 18.8 Å². The van der Waals surface area contributed by atoms with Gasteiger partial charge >= 0.3 is 0 Å². The van der Waals surface area contributed by atoms with Gasteiger partial charge in [-0.15, -0.1) is 0 Å². The summed E-state index contributed by atoms with van der Waals surface area (Å²) >= 11 is 1.62. The van der Waals surface area contributed by atoms with Crippen molar-refractivity contribution in [1.82, 2.24) is 8.61 Å². The topological polar surface area (TPSA) is 60.9 Å². The van der Waals surface area contributed by atoms with Crippen molar-refractivity contribution in [2.24, 2.45) is 0 Å². The molecule has 0 aromatic rings. The van der Waals surface area contributed by atoms with Crippen LogP contribution in [0.1, 0.15) is 13.3 Å². The van der Waals surface area contributed by atoms with E-state index in [0.717, 1.165) is 5.75 Å². The average Bonchev–Trinajstić information content (AvgIpc) is 2.24. The summed E-state index contributed by atoms with van der Waals surface area (Å²) in [6.07, 6.45) is 2.41. The molecule has 0 saturated carbocycles. The van der Waals surface area contributed by atoms with Gasteiger partial charge < -0.3 is 5.11 Å². The smallest absolute Gasteiger partial charge is 0.281 e. The number of hydrogen-bond acceptors (Lipinski definition) is 4. The predicted octanol–water partition coefficient (Wildman–Crippen LogP) is 0.229. The number of nitrogens with zero attached hydrogens (tertiary/aromatic N) is 2. The van der Waals surface area contributed by atoms with Crippen LogP contribution in [0.3, 0.4) is 0 Å². The van der Waals surface area contributed by atoms with E-state index >= 15 is 0 Å². The standard InChI is InChI=1S/C9H22N2O3S2/c1-9(8-15-4)11(3)16(13,14)10(2)6-5-7-12/h9,12H,5-8H2,1-4H3. The average molecular weight is 270 g/mol. The minimum absolute atomic E-state index is 0.00391. The Morgan fingerprint density at radius 2 is 1.94 bits per heavy atom. The fourth-order valence-electron chi connectivity index (χ4n) is 1.20. The third-order valence-electron chi connectivity index (χ3n) is 2.42. The molecule has 0 bridgehead atoms. The molecule has 5 nitrogen and oxygen atoms in total. The minimum Gasteiger partial charge on any atom is -0.396 e. The van der Waals surface area contributed by atoms with Crippen LogP contribution in [0.25, 0.3) is 0 Å². The molecule has 1 atom stereocenters. The van der Waals surface area contributed by atoms with E-state index in [4.69, 9.17) is 5.11 Å². The molecule has 0 aliphatic rings. The monoisotopic (exact) mass is 270 g/mol. The van der Waals surface area contributed by atoms with Gasteiger partial charge in [-0.1, -0.05) is 0 Å². The molecule has 0 saturated heterocycles. The molecule has 0 rings (SSSR count). The lowest BCUT2D eigenvalue weighted by atomic mass is 10.4. The molecule has 0 aliphatic heterocycles. The molecule has 1 unspecified atom stereocenters. The van der Waals surface area contributed by atoms with Crippen molar-refractivity contribution in [3.05, 3.63) is 0 Å². The van der Waals surface area contributed by atoms with Crippen LogP contribution in [0.2, 0.25) is 0 Å². The summed E-state index contributed by atoms with van der Waals surface area (Å²) in [5.74, 6) is 0.767. The van der Waals surface area contributed by atoms with Crippen LogP contribution < -0.4 is 0 Å². The second-order valence-corrected chi connectivity index (χ2v) is 6.73. The zero-order valence-corrected chi connectivity index (χ0v) is 12.0. The third-order valence-corrected chi connectivity index (χ3v) is 5.29. The first-order chi connectivity index (χ1) is 7.37. The summed E-state index contributed by atoms with van der Waals surface area (Å²) in [6.45, 7) is 2.23. The maximum atomic E-state index is 12.0. The Hall–Kier alpha value is 0.180. The summed E-state index contributed by atoms with van der Waals surface area (Å²) in [4.78, 5) is 0.